The Balaban J connectivity index is 1.74. The summed E-state index contributed by atoms with van der Waals surface area (Å²) in [4.78, 5) is 25.5. The lowest BCUT2D eigenvalue weighted by molar-refractivity contribution is -0.137. The molecule has 0 saturated carbocycles. The van der Waals surface area contributed by atoms with Crippen molar-refractivity contribution < 1.29 is 14.0 Å². The van der Waals surface area contributed by atoms with E-state index in [0.29, 0.717) is 12.5 Å². The van der Waals surface area contributed by atoms with E-state index in [1.165, 1.54) is 12.1 Å². The average Bonchev–Trinajstić information content (AvgIpc) is 2.47. The van der Waals surface area contributed by atoms with E-state index in [1.807, 2.05) is 0 Å². The molecular formula is C16H21FN2O2. The normalized spacial score (nSPS) is 15.8. The number of nitrogens with zero attached hydrogens (tertiary/aromatic N) is 1. The Morgan fingerprint density at radius 1 is 1.24 bits per heavy atom. The number of likely N-dealkylation sites (tertiary alicyclic amines) is 1. The molecule has 1 aromatic rings. The summed E-state index contributed by atoms with van der Waals surface area (Å²) < 4.78 is 12.8. The fourth-order valence-corrected chi connectivity index (χ4v) is 2.37. The molecule has 1 N–H and O–H groups in total. The summed E-state index contributed by atoms with van der Waals surface area (Å²) in [6.45, 7) is 3.97. The van der Waals surface area contributed by atoms with Crippen LogP contribution in [0.3, 0.4) is 0 Å². The van der Waals surface area contributed by atoms with Gasteiger partial charge in [0.05, 0.1) is 0 Å². The molecule has 0 aliphatic carbocycles. The number of amides is 2. The molecule has 1 saturated heterocycles. The SMILES string of the molecule is CC1CCN(C(=O)CC(=O)NCc2ccc(F)cc2)CC1. The van der Waals surface area contributed by atoms with Crippen molar-refractivity contribution in [2.24, 2.45) is 5.92 Å². The number of benzene rings is 1. The second-order valence-electron chi connectivity index (χ2n) is 5.64. The third-order valence-corrected chi connectivity index (χ3v) is 3.85. The van der Waals surface area contributed by atoms with Gasteiger partial charge in [-0.3, -0.25) is 9.59 Å². The predicted molar refractivity (Wildman–Crippen MR) is 77.8 cm³/mol. The molecule has 2 amide bonds. The van der Waals surface area contributed by atoms with Gasteiger partial charge in [-0.25, -0.2) is 4.39 Å². The van der Waals surface area contributed by atoms with Crippen LogP contribution in [0.1, 0.15) is 31.7 Å². The number of nitrogens with one attached hydrogen (secondary N) is 1. The third-order valence-electron chi connectivity index (χ3n) is 3.85. The molecule has 1 aromatic carbocycles. The lowest BCUT2D eigenvalue weighted by Gasteiger charge is -2.30. The zero-order chi connectivity index (χ0) is 15.2. The number of carbonyl (C=O) groups is 2. The van der Waals surface area contributed by atoms with E-state index >= 15 is 0 Å². The van der Waals surface area contributed by atoms with E-state index in [2.05, 4.69) is 12.2 Å². The van der Waals surface area contributed by atoms with Gasteiger partial charge in [0.15, 0.2) is 0 Å². The number of carbonyl (C=O) groups excluding carboxylic acids is 2. The van der Waals surface area contributed by atoms with Crippen molar-refractivity contribution in [1.82, 2.24) is 10.2 Å². The van der Waals surface area contributed by atoms with E-state index in [1.54, 1.807) is 17.0 Å². The summed E-state index contributed by atoms with van der Waals surface area (Å²) in [7, 11) is 0. The largest absolute Gasteiger partial charge is 0.352 e. The zero-order valence-electron chi connectivity index (χ0n) is 12.3. The lowest BCUT2D eigenvalue weighted by Crippen LogP contribution is -2.40. The highest BCUT2D eigenvalue weighted by atomic mass is 19.1. The molecule has 0 aromatic heterocycles. The van der Waals surface area contributed by atoms with Crippen LogP contribution in [0, 0.1) is 11.7 Å². The minimum atomic E-state index is -0.306. The summed E-state index contributed by atoms with van der Waals surface area (Å²) in [6, 6.07) is 5.93. The van der Waals surface area contributed by atoms with Crippen LogP contribution in [0.4, 0.5) is 4.39 Å². The van der Waals surface area contributed by atoms with Crippen molar-refractivity contribution in [3.63, 3.8) is 0 Å². The van der Waals surface area contributed by atoms with Crippen molar-refractivity contribution in [1.29, 1.82) is 0 Å². The Kier molecular flexibility index (Phi) is 5.31. The van der Waals surface area contributed by atoms with Crippen molar-refractivity contribution >= 4 is 11.8 Å². The van der Waals surface area contributed by atoms with Crippen LogP contribution in [0.5, 0.6) is 0 Å². The topological polar surface area (TPSA) is 49.4 Å². The molecule has 0 atom stereocenters. The number of piperidine rings is 1. The fourth-order valence-electron chi connectivity index (χ4n) is 2.37. The first-order valence-corrected chi connectivity index (χ1v) is 7.33. The first-order valence-electron chi connectivity index (χ1n) is 7.33. The van der Waals surface area contributed by atoms with E-state index in [9.17, 15) is 14.0 Å². The molecular weight excluding hydrogens is 271 g/mol. The van der Waals surface area contributed by atoms with Crippen LogP contribution in [0.2, 0.25) is 0 Å². The number of rotatable bonds is 4. The maximum Gasteiger partial charge on any atom is 0.232 e. The van der Waals surface area contributed by atoms with Crippen LogP contribution < -0.4 is 5.32 Å². The minimum Gasteiger partial charge on any atom is -0.352 e. The van der Waals surface area contributed by atoms with Crippen molar-refractivity contribution in [3.8, 4) is 0 Å². The Labute approximate surface area is 124 Å². The zero-order valence-corrected chi connectivity index (χ0v) is 12.3. The van der Waals surface area contributed by atoms with Crippen LogP contribution in [0.15, 0.2) is 24.3 Å². The molecule has 0 radical (unpaired) electrons. The maximum atomic E-state index is 12.8. The molecule has 4 nitrogen and oxygen atoms in total. The van der Waals surface area contributed by atoms with Gasteiger partial charge in [-0.1, -0.05) is 19.1 Å². The van der Waals surface area contributed by atoms with Gasteiger partial charge in [-0.15, -0.1) is 0 Å². The average molecular weight is 292 g/mol. The highest BCUT2D eigenvalue weighted by Gasteiger charge is 2.21. The molecule has 0 unspecified atom stereocenters. The van der Waals surface area contributed by atoms with E-state index in [-0.39, 0.29) is 24.1 Å². The standard InChI is InChI=1S/C16H21FN2O2/c1-12-6-8-19(9-7-12)16(21)10-15(20)18-11-13-2-4-14(17)5-3-13/h2-5,12H,6-11H2,1H3,(H,18,20). The van der Waals surface area contributed by atoms with Gasteiger partial charge in [0.25, 0.3) is 0 Å². The van der Waals surface area contributed by atoms with Crippen molar-refractivity contribution in [2.75, 3.05) is 13.1 Å². The quantitative estimate of drug-likeness (QED) is 0.864. The van der Waals surface area contributed by atoms with E-state index < -0.39 is 0 Å². The van der Waals surface area contributed by atoms with Crippen molar-refractivity contribution in [3.05, 3.63) is 35.6 Å². The number of halogens is 1. The van der Waals surface area contributed by atoms with Gasteiger partial charge in [0.2, 0.25) is 11.8 Å². The minimum absolute atomic E-state index is 0.112. The van der Waals surface area contributed by atoms with Gasteiger partial charge >= 0.3 is 0 Å². The Hall–Kier alpha value is -1.91. The highest BCUT2D eigenvalue weighted by molar-refractivity contribution is 5.96. The van der Waals surface area contributed by atoms with Gasteiger partial charge in [0.1, 0.15) is 12.2 Å². The molecule has 5 heteroatoms. The Morgan fingerprint density at radius 3 is 2.48 bits per heavy atom. The Bertz CT molecular complexity index is 494. The van der Waals surface area contributed by atoms with Gasteiger partial charge in [-0.05, 0) is 36.5 Å². The van der Waals surface area contributed by atoms with Crippen molar-refractivity contribution in [2.45, 2.75) is 32.7 Å². The van der Waals surface area contributed by atoms with Gasteiger partial charge in [-0.2, -0.15) is 0 Å². The number of hydrogen-bond acceptors (Lipinski definition) is 2. The molecule has 1 heterocycles. The number of hydrogen-bond donors (Lipinski definition) is 1. The highest BCUT2D eigenvalue weighted by Crippen LogP contribution is 2.16. The lowest BCUT2D eigenvalue weighted by atomic mass is 9.99. The molecule has 2 rings (SSSR count). The molecule has 0 bridgehead atoms. The summed E-state index contributed by atoms with van der Waals surface area (Å²) in [5, 5.41) is 2.69. The fraction of sp³-hybridized carbons (Fsp3) is 0.500. The molecule has 21 heavy (non-hydrogen) atoms. The second-order valence-corrected chi connectivity index (χ2v) is 5.64. The molecule has 1 fully saturated rings. The summed E-state index contributed by atoms with van der Waals surface area (Å²) >= 11 is 0. The summed E-state index contributed by atoms with van der Waals surface area (Å²) in [5.74, 6) is -0.0533. The molecule has 0 spiro atoms. The van der Waals surface area contributed by atoms with Crippen LogP contribution in [-0.2, 0) is 16.1 Å². The third kappa shape index (κ3) is 4.85. The van der Waals surface area contributed by atoms with Gasteiger partial charge < -0.3 is 10.2 Å². The van der Waals surface area contributed by atoms with Crippen LogP contribution >= 0.6 is 0 Å². The summed E-state index contributed by atoms with van der Waals surface area (Å²) in [5.41, 5.74) is 0.809. The van der Waals surface area contributed by atoms with E-state index in [0.717, 1.165) is 31.5 Å². The first-order chi connectivity index (χ1) is 10.0. The molecule has 114 valence electrons. The van der Waals surface area contributed by atoms with Gasteiger partial charge in [0, 0.05) is 19.6 Å². The maximum absolute atomic E-state index is 12.8. The summed E-state index contributed by atoms with van der Waals surface area (Å²) in [6.07, 6.45) is 1.89. The Morgan fingerprint density at radius 2 is 1.86 bits per heavy atom. The smallest absolute Gasteiger partial charge is 0.232 e. The monoisotopic (exact) mass is 292 g/mol. The first kappa shape index (κ1) is 15.5. The van der Waals surface area contributed by atoms with Crippen LogP contribution in [-0.4, -0.2) is 29.8 Å². The van der Waals surface area contributed by atoms with Crippen LogP contribution in [0.25, 0.3) is 0 Å². The molecule has 1 aliphatic rings. The molecule has 1 aliphatic heterocycles. The second kappa shape index (κ2) is 7.20. The van der Waals surface area contributed by atoms with E-state index in [4.69, 9.17) is 0 Å². The predicted octanol–water partition coefficient (Wildman–Crippen LogP) is 2.09.